The number of fused-ring (bicyclic) bond motifs is 1. The van der Waals surface area contributed by atoms with Gasteiger partial charge in [0.1, 0.15) is 5.57 Å². The van der Waals surface area contributed by atoms with Gasteiger partial charge in [-0.25, -0.2) is 0 Å². The van der Waals surface area contributed by atoms with Crippen LogP contribution >= 0.6 is 12.2 Å². The van der Waals surface area contributed by atoms with Crippen molar-refractivity contribution >= 4 is 51.7 Å². The average molecular weight is 358 g/mol. The van der Waals surface area contributed by atoms with Gasteiger partial charge in [-0.3, -0.25) is 19.8 Å². The Balaban J connectivity index is 1.82. The third kappa shape index (κ3) is 2.78. The Hall–Kier alpha value is -3.31. The second-order valence-electron chi connectivity index (χ2n) is 5.86. The maximum Gasteiger partial charge on any atom is 0.270 e. The number of nitrogens with zero attached hydrogens (tertiary/aromatic N) is 1. The van der Waals surface area contributed by atoms with Crippen LogP contribution in [-0.2, 0) is 9.59 Å². The van der Waals surface area contributed by atoms with E-state index in [-0.39, 0.29) is 10.7 Å². The van der Waals surface area contributed by atoms with E-state index in [9.17, 15) is 9.59 Å². The fraction of sp³-hybridized carbons (Fsp3) is 0. The maximum absolute atomic E-state index is 13.0. The first kappa shape index (κ1) is 16.2. The highest BCUT2D eigenvalue weighted by Gasteiger charge is 2.34. The molecule has 4 rings (SSSR count). The van der Waals surface area contributed by atoms with Crippen molar-refractivity contribution < 1.29 is 9.59 Å². The van der Waals surface area contributed by atoms with Crippen molar-refractivity contribution in [3.63, 3.8) is 0 Å². The molecular formula is C21H14N2O2S. The van der Waals surface area contributed by atoms with Gasteiger partial charge in [-0.15, -0.1) is 0 Å². The molecule has 1 fully saturated rings. The second kappa shape index (κ2) is 6.54. The Labute approximate surface area is 155 Å². The van der Waals surface area contributed by atoms with Gasteiger partial charge < -0.3 is 0 Å². The molecule has 1 saturated heterocycles. The van der Waals surface area contributed by atoms with E-state index < -0.39 is 11.8 Å². The molecule has 1 aliphatic rings. The molecular weight excluding hydrogens is 344 g/mol. The van der Waals surface area contributed by atoms with Crippen LogP contribution in [0, 0.1) is 0 Å². The van der Waals surface area contributed by atoms with Gasteiger partial charge in [0, 0.05) is 0 Å². The van der Waals surface area contributed by atoms with E-state index >= 15 is 0 Å². The highest BCUT2D eigenvalue weighted by molar-refractivity contribution is 7.80. The molecule has 3 aromatic carbocycles. The van der Waals surface area contributed by atoms with E-state index in [4.69, 9.17) is 12.2 Å². The molecule has 0 unspecified atom stereocenters. The van der Waals surface area contributed by atoms with Gasteiger partial charge in [-0.05, 0) is 46.8 Å². The van der Waals surface area contributed by atoms with Gasteiger partial charge in [0.15, 0.2) is 5.11 Å². The minimum atomic E-state index is -0.486. The molecule has 1 aliphatic heterocycles. The van der Waals surface area contributed by atoms with E-state index in [1.165, 1.54) is 4.90 Å². The number of nitrogens with one attached hydrogen (secondary N) is 1. The number of thiocarbonyl (C=S) groups is 1. The molecule has 0 atom stereocenters. The van der Waals surface area contributed by atoms with E-state index in [1.54, 1.807) is 18.2 Å². The van der Waals surface area contributed by atoms with E-state index in [0.717, 1.165) is 16.3 Å². The van der Waals surface area contributed by atoms with Crippen molar-refractivity contribution in [3.05, 3.63) is 83.9 Å². The van der Waals surface area contributed by atoms with Gasteiger partial charge in [0.05, 0.1) is 5.69 Å². The van der Waals surface area contributed by atoms with Crippen LogP contribution in [0.15, 0.2) is 78.4 Å². The molecule has 0 saturated carbocycles. The molecule has 0 aliphatic carbocycles. The van der Waals surface area contributed by atoms with E-state index in [0.29, 0.717) is 5.69 Å². The zero-order chi connectivity index (χ0) is 18.1. The third-order valence-electron chi connectivity index (χ3n) is 4.24. The molecule has 2 amide bonds. The Bertz CT molecular complexity index is 1070. The number of amides is 2. The van der Waals surface area contributed by atoms with Crippen LogP contribution < -0.4 is 10.2 Å². The largest absolute Gasteiger partial charge is 0.298 e. The summed E-state index contributed by atoms with van der Waals surface area (Å²) >= 11 is 5.20. The van der Waals surface area contributed by atoms with Crippen LogP contribution in [0.1, 0.15) is 5.56 Å². The molecule has 0 bridgehead atoms. The van der Waals surface area contributed by atoms with Crippen molar-refractivity contribution in [2.75, 3.05) is 4.90 Å². The molecule has 0 radical (unpaired) electrons. The lowest BCUT2D eigenvalue weighted by molar-refractivity contribution is -0.122. The lowest BCUT2D eigenvalue weighted by atomic mass is 10.0. The number of anilines is 1. The molecule has 0 spiro atoms. The molecule has 1 heterocycles. The minimum absolute atomic E-state index is 0.0545. The van der Waals surface area contributed by atoms with Crippen LogP contribution in [0.25, 0.3) is 16.8 Å². The normalized spacial score (nSPS) is 16.2. The van der Waals surface area contributed by atoms with E-state index in [2.05, 4.69) is 5.32 Å². The Kier molecular flexibility index (Phi) is 4.07. The van der Waals surface area contributed by atoms with Crippen LogP contribution in [0.2, 0.25) is 0 Å². The summed E-state index contributed by atoms with van der Waals surface area (Å²) < 4.78 is 0. The predicted molar refractivity (Wildman–Crippen MR) is 107 cm³/mol. The van der Waals surface area contributed by atoms with Crippen molar-refractivity contribution in [2.24, 2.45) is 0 Å². The summed E-state index contributed by atoms with van der Waals surface area (Å²) in [5, 5.41) is 4.71. The predicted octanol–water partition coefficient (Wildman–Crippen LogP) is 3.67. The number of carbonyl (C=O) groups is 2. The monoisotopic (exact) mass is 358 g/mol. The molecule has 126 valence electrons. The van der Waals surface area contributed by atoms with Crippen molar-refractivity contribution in [1.29, 1.82) is 0 Å². The number of benzene rings is 3. The lowest BCUT2D eigenvalue weighted by Gasteiger charge is -2.28. The summed E-state index contributed by atoms with van der Waals surface area (Å²) in [5.74, 6) is -0.919. The minimum Gasteiger partial charge on any atom is -0.298 e. The standard InChI is InChI=1S/C21H14N2O2S/c24-19-18(13-15-9-6-8-14-7-4-5-12-17(14)15)20(25)23(21(26)22-19)16-10-2-1-3-11-16/h1-13H,(H,22,24,26). The number of rotatable bonds is 2. The Morgan fingerprint density at radius 2 is 1.54 bits per heavy atom. The lowest BCUT2D eigenvalue weighted by Crippen LogP contribution is -2.54. The maximum atomic E-state index is 13.0. The topological polar surface area (TPSA) is 49.4 Å². The molecule has 26 heavy (non-hydrogen) atoms. The summed E-state index contributed by atoms with van der Waals surface area (Å²) in [6, 6.07) is 22.6. The Morgan fingerprint density at radius 1 is 0.846 bits per heavy atom. The fourth-order valence-electron chi connectivity index (χ4n) is 3.00. The fourth-order valence-corrected chi connectivity index (χ4v) is 3.28. The van der Waals surface area contributed by atoms with Crippen LogP contribution in [0.3, 0.4) is 0 Å². The molecule has 4 nitrogen and oxygen atoms in total. The van der Waals surface area contributed by atoms with Crippen molar-refractivity contribution in [2.45, 2.75) is 0 Å². The molecule has 1 N–H and O–H groups in total. The third-order valence-corrected chi connectivity index (χ3v) is 4.52. The van der Waals surface area contributed by atoms with Gasteiger partial charge in [0.2, 0.25) is 0 Å². The average Bonchev–Trinajstić information content (AvgIpc) is 2.66. The summed E-state index contributed by atoms with van der Waals surface area (Å²) in [7, 11) is 0. The Morgan fingerprint density at radius 3 is 2.35 bits per heavy atom. The quantitative estimate of drug-likeness (QED) is 0.432. The summed E-state index contributed by atoms with van der Waals surface area (Å²) in [6.07, 6.45) is 1.62. The molecule has 3 aromatic rings. The number of para-hydroxylation sites is 1. The van der Waals surface area contributed by atoms with Crippen LogP contribution in [0.4, 0.5) is 5.69 Å². The summed E-state index contributed by atoms with van der Waals surface area (Å²) in [4.78, 5) is 26.8. The smallest absolute Gasteiger partial charge is 0.270 e. The number of hydrogen-bond donors (Lipinski definition) is 1. The van der Waals surface area contributed by atoms with Gasteiger partial charge in [0.25, 0.3) is 11.8 Å². The molecule has 0 aromatic heterocycles. The zero-order valence-corrected chi connectivity index (χ0v) is 14.5. The highest BCUT2D eigenvalue weighted by Crippen LogP contribution is 2.25. The summed E-state index contributed by atoms with van der Waals surface area (Å²) in [5.41, 5.74) is 1.48. The molecule has 5 heteroatoms. The van der Waals surface area contributed by atoms with Crippen LogP contribution in [-0.4, -0.2) is 16.9 Å². The number of hydrogen-bond acceptors (Lipinski definition) is 3. The first-order valence-corrected chi connectivity index (χ1v) is 8.50. The van der Waals surface area contributed by atoms with Crippen molar-refractivity contribution in [3.8, 4) is 0 Å². The number of carbonyl (C=O) groups excluding carboxylic acids is 2. The first-order valence-electron chi connectivity index (χ1n) is 8.09. The van der Waals surface area contributed by atoms with Gasteiger partial charge >= 0.3 is 0 Å². The zero-order valence-electron chi connectivity index (χ0n) is 13.7. The second-order valence-corrected chi connectivity index (χ2v) is 6.25. The summed E-state index contributed by atoms with van der Waals surface area (Å²) in [6.45, 7) is 0. The van der Waals surface area contributed by atoms with Crippen molar-refractivity contribution in [1.82, 2.24) is 5.32 Å². The van der Waals surface area contributed by atoms with Crippen LogP contribution in [0.5, 0.6) is 0 Å². The van der Waals surface area contributed by atoms with Gasteiger partial charge in [-0.1, -0.05) is 60.7 Å². The highest BCUT2D eigenvalue weighted by atomic mass is 32.1. The SMILES string of the molecule is O=C1NC(=S)N(c2ccccc2)C(=O)C1=Cc1cccc2ccccc12. The first-order chi connectivity index (χ1) is 12.6. The van der Waals surface area contributed by atoms with E-state index in [1.807, 2.05) is 60.7 Å². The van der Waals surface area contributed by atoms with Gasteiger partial charge in [-0.2, -0.15) is 0 Å².